The Hall–Kier alpha value is -2.86. The van der Waals surface area contributed by atoms with Crippen molar-refractivity contribution in [3.63, 3.8) is 0 Å². The third-order valence-corrected chi connectivity index (χ3v) is 4.84. The Morgan fingerprint density at radius 2 is 1.89 bits per heavy atom. The van der Waals surface area contributed by atoms with Gasteiger partial charge in [-0.25, -0.2) is 0 Å². The maximum atomic E-state index is 12.4. The molecule has 0 aromatic heterocycles. The lowest BCUT2D eigenvalue weighted by Gasteiger charge is -2.19. The molecule has 1 aliphatic rings. The molecule has 1 atom stereocenters. The molecular weight excluding hydrogens is 380 g/mol. The average molecular weight is 401 g/mol. The number of nitrogens with zero attached hydrogens (tertiary/aromatic N) is 1. The summed E-state index contributed by atoms with van der Waals surface area (Å²) in [6.45, 7) is 3.72. The average Bonchev–Trinajstić information content (AvgIpc) is 3.05. The van der Waals surface area contributed by atoms with Crippen molar-refractivity contribution >= 4 is 40.8 Å². The zero-order valence-corrected chi connectivity index (χ0v) is 16.5. The van der Waals surface area contributed by atoms with E-state index in [2.05, 4.69) is 5.32 Å². The fourth-order valence-electron chi connectivity index (χ4n) is 3.09. The third-order valence-electron chi connectivity index (χ3n) is 4.59. The number of benzene rings is 2. The van der Waals surface area contributed by atoms with Crippen LogP contribution in [0.3, 0.4) is 0 Å². The molecule has 2 amide bonds. The summed E-state index contributed by atoms with van der Waals surface area (Å²) < 4.78 is 5.11. The number of esters is 1. The summed E-state index contributed by atoms with van der Waals surface area (Å²) in [5, 5.41) is 3.18. The lowest BCUT2D eigenvalue weighted by atomic mass is 10.1. The molecule has 3 rings (SSSR count). The van der Waals surface area contributed by atoms with E-state index in [-0.39, 0.29) is 18.9 Å². The third kappa shape index (κ3) is 4.70. The molecule has 0 aliphatic carbocycles. The van der Waals surface area contributed by atoms with Crippen molar-refractivity contribution in [1.82, 2.24) is 0 Å². The van der Waals surface area contributed by atoms with Crippen LogP contribution in [0.25, 0.3) is 0 Å². The van der Waals surface area contributed by atoms with Gasteiger partial charge in [0.25, 0.3) is 5.91 Å². The molecular formula is C21H21ClN2O4. The van der Waals surface area contributed by atoms with Crippen LogP contribution in [0.1, 0.15) is 17.5 Å². The second kappa shape index (κ2) is 8.44. The minimum Gasteiger partial charge on any atom is -0.455 e. The van der Waals surface area contributed by atoms with E-state index in [1.165, 1.54) is 0 Å². The van der Waals surface area contributed by atoms with Crippen LogP contribution in [-0.2, 0) is 19.1 Å². The zero-order valence-electron chi connectivity index (χ0n) is 15.7. The van der Waals surface area contributed by atoms with E-state index in [0.717, 1.165) is 16.8 Å². The van der Waals surface area contributed by atoms with Crippen LogP contribution in [0.2, 0.25) is 5.02 Å². The van der Waals surface area contributed by atoms with E-state index in [0.29, 0.717) is 10.7 Å². The van der Waals surface area contributed by atoms with Crippen LogP contribution in [0.4, 0.5) is 11.4 Å². The highest BCUT2D eigenvalue weighted by atomic mass is 35.5. The standard InChI is InChI=1S/C21H21ClN2O4/c1-13-3-4-14(2)18(9-13)24-11-15(10-20(24)26)21(27)28-12-19(25)23-17-7-5-16(22)6-8-17/h3-9,15H,10-12H2,1-2H3,(H,23,25)/t15-/m0/s1. The molecule has 146 valence electrons. The molecule has 0 bridgehead atoms. The first-order chi connectivity index (χ1) is 13.3. The number of carbonyl (C=O) groups excluding carboxylic acids is 3. The molecule has 1 saturated heterocycles. The van der Waals surface area contributed by atoms with Gasteiger partial charge < -0.3 is 15.0 Å². The number of hydrogen-bond donors (Lipinski definition) is 1. The van der Waals surface area contributed by atoms with Crippen LogP contribution < -0.4 is 10.2 Å². The molecule has 7 heteroatoms. The minimum absolute atomic E-state index is 0.0744. The number of aryl methyl sites for hydroxylation is 2. The summed E-state index contributed by atoms with van der Waals surface area (Å²) in [7, 11) is 0. The van der Waals surface area contributed by atoms with Crippen molar-refractivity contribution in [3.8, 4) is 0 Å². The Morgan fingerprint density at radius 3 is 2.61 bits per heavy atom. The van der Waals surface area contributed by atoms with Crippen molar-refractivity contribution in [2.24, 2.45) is 5.92 Å². The molecule has 1 aliphatic heterocycles. The lowest BCUT2D eigenvalue weighted by Crippen LogP contribution is -2.28. The predicted molar refractivity (Wildman–Crippen MR) is 107 cm³/mol. The summed E-state index contributed by atoms with van der Waals surface area (Å²) in [6.07, 6.45) is 0.0744. The van der Waals surface area contributed by atoms with Gasteiger partial charge in [0.2, 0.25) is 5.91 Å². The smallest absolute Gasteiger partial charge is 0.311 e. The van der Waals surface area contributed by atoms with Gasteiger partial charge in [-0.2, -0.15) is 0 Å². The van der Waals surface area contributed by atoms with E-state index in [1.807, 2.05) is 32.0 Å². The maximum absolute atomic E-state index is 12.4. The van der Waals surface area contributed by atoms with Gasteiger partial charge in [-0.1, -0.05) is 23.7 Å². The number of amides is 2. The highest BCUT2D eigenvalue weighted by Crippen LogP contribution is 2.29. The molecule has 0 saturated carbocycles. The zero-order chi connectivity index (χ0) is 20.3. The highest BCUT2D eigenvalue weighted by Gasteiger charge is 2.36. The Kier molecular flexibility index (Phi) is 5.99. The Balaban J connectivity index is 1.55. The summed E-state index contributed by atoms with van der Waals surface area (Å²) in [5.41, 5.74) is 3.37. The van der Waals surface area contributed by atoms with Gasteiger partial charge in [0.05, 0.1) is 5.92 Å². The summed E-state index contributed by atoms with van der Waals surface area (Å²) >= 11 is 5.80. The highest BCUT2D eigenvalue weighted by molar-refractivity contribution is 6.30. The summed E-state index contributed by atoms with van der Waals surface area (Å²) in [4.78, 5) is 38.3. The number of carbonyl (C=O) groups is 3. The number of anilines is 2. The van der Waals surface area contributed by atoms with E-state index in [4.69, 9.17) is 16.3 Å². The van der Waals surface area contributed by atoms with E-state index in [1.54, 1.807) is 29.2 Å². The van der Waals surface area contributed by atoms with Crippen LogP contribution >= 0.6 is 11.6 Å². The molecule has 0 spiro atoms. The van der Waals surface area contributed by atoms with Gasteiger partial charge >= 0.3 is 5.97 Å². The minimum atomic E-state index is -0.587. The van der Waals surface area contributed by atoms with Crippen LogP contribution in [0, 0.1) is 19.8 Å². The van der Waals surface area contributed by atoms with E-state index >= 15 is 0 Å². The fourth-order valence-corrected chi connectivity index (χ4v) is 3.22. The topological polar surface area (TPSA) is 75.7 Å². The summed E-state index contributed by atoms with van der Waals surface area (Å²) in [6, 6.07) is 12.5. The molecule has 1 fully saturated rings. The molecule has 1 N–H and O–H groups in total. The Bertz CT molecular complexity index is 911. The van der Waals surface area contributed by atoms with Crippen LogP contribution in [0.5, 0.6) is 0 Å². The van der Waals surface area contributed by atoms with Crippen LogP contribution in [0.15, 0.2) is 42.5 Å². The second-order valence-corrected chi connectivity index (χ2v) is 7.29. The van der Waals surface area contributed by atoms with Crippen molar-refractivity contribution in [3.05, 3.63) is 58.6 Å². The van der Waals surface area contributed by atoms with Gasteiger partial charge in [-0.05, 0) is 55.3 Å². The normalized spacial score (nSPS) is 16.2. The number of halogens is 1. The predicted octanol–water partition coefficient (Wildman–Crippen LogP) is 3.49. The molecule has 0 radical (unpaired) electrons. The first-order valence-corrected chi connectivity index (χ1v) is 9.31. The largest absolute Gasteiger partial charge is 0.455 e. The van der Waals surface area contributed by atoms with Crippen LogP contribution in [-0.4, -0.2) is 30.9 Å². The monoisotopic (exact) mass is 400 g/mol. The van der Waals surface area contributed by atoms with Gasteiger partial charge in [-0.15, -0.1) is 0 Å². The van der Waals surface area contributed by atoms with Gasteiger partial charge in [0.15, 0.2) is 6.61 Å². The quantitative estimate of drug-likeness (QED) is 0.779. The number of rotatable bonds is 5. The number of nitrogens with one attached hydrogen (secondary N) is 1. The molecule has 1 heterocycles. The number of ether oxygens (including phenoxy) is 1. The first-order valence-electron chi connectivity index (χ1n) is 8.93. The second-order valence-electron chi connectivity index (χ2n) is 6.86. The molecule has 6 nitrogen and oxygen atoms in total. The van der Waals surface area contributed by atoms with Crippen molar-refractivity contribution in [1.29, 1.82) is 0 Å². The van der Waals surface area contributed by atoms with Gasteiger partial charge in [0, 0.05) is 29.4 Å². The Labute approximate surface area is 168 Å². The summed E-state index contributed by atoms with van der Waals surface area (Å²) in [5.74, 6) is -1.71. The van der Waals surface area contributed by atoms with Gasteiger partial charge in [-0.3, -0.25) is 14.4 Å². The Morgan fingerprint density at radius 1 is 1.18 bits per heavy atom. The fraction of sp³-hybridized carbons (Fsp3) is 0.286. The van der Waals surface area contributed by atoms with Gasteiger partial charge in [0.1, 0.15) is 0 Å². The molecule has 28 heavy (non-hydrogen) atoms. The molecule has 2 aromatic carbocycles. The SMILES string of the molecule is Cc1ccc(C)c(N2C[C@@H](C(=O)OCC(=O)Nc3ccc(Cl)cc3)CC2=O)c1. The number of hydrogen-bond acceptors (Lipinski definition) is 4. The molecule has 2 aromatic rings. The maximum Gasteiger partial charge on any atom is 0.311 e. The molecule has 0 unspecified atom stereocenters. The van der Waals surface area contributed by atoms with Crippen molar-refractivity contribution in [2.45, 2.75) is 20.3 Å². The first kappa shape index (κ1) is 19.9. The van der Waals surface area contributed by atoms with Crippen molar-refractivity contribution in [2.75, 3.05) is 23.4 Å². The van der Waals surface area contributed by atoms with Crippen molar-refractivity contribution < 1.29 is 19.1 Å². The van der Waals surface area contributed by atoms with E-state index < -0.39 is 24.4 Å². The van der Waals surface area contributed by atoms with E-state index in [9.17, 15) is 14.4 Å². The lowest BCUT2D eigenvalue weighted by molar-refractivity contribution is -0.151.